The van der Waals surface area contributed by atoms with Gasteiger partial charge in [-0.25, -0.2) is 0 Å². The topological polar surface area (TPSA) is 34.8 Å². The van der Waals surface area contributed by atoms with Crippen LogP contribution in [0.4, 0.5) is 17.1 Å². The van der Waals surface area contributed by atoms with Gasteiger partial charge in [0.05, 0.1) is 5.41 Å². The van der Waals surface area contributed by atoms with Crippen LogP contribution in [0.3, 0.4) is 0 Å². The molecule has 14 rings (SSSR count). The minimum atomic E-state index is -0.688. The molecular weight excluding hydrogens is 843 g/mol. The lowest BCUT2D eigenvalue weighted by atomic mass is 9.62. The van der Waals surface area contributed by atoms with Crippen molar-refractivity contribution in [3.05, 3.63) is 271 Å². The Kier molecular flexibility index (Phi) is 8.77. The van der Waals surface area contributed by atoms with E-state index in [9.17, 15) is 0 Å². The Balaban J connectivity index is 0.927. The summed E-state index contributed by atoms with van der Waals surface area (Å²) in [6, 6.07) is 88.3. The van der Waals surface area contributed by atoms with Gasteiger partial charge < -0.3 is 18.8 Å². The zero-order chi connectivity index (χ0) is 45.5. The molecule has 2 aliphatic rings. The zero-order valence-corrected chi connectivity index (χ0v) is 37.3. The highest BCUT2D eigenvalue weighted by molar-refractivity contribution is 6.15. The number of furan rings is 1. The minimum absolute atomic E-state index is 0.688. The predicted octanol–water partition coefficient (Wildman–Crippen LogP) is 17.8. The highest BCUT2D eigenvalue weighted by Crippen LogP contribution is 2.62. The fourth-order valence-electron chi connectivity index (χ4n) is 11.0. The van der Waals surface area contributed by atoms with Gasteiger partial charge in [0.2, 0.25) is 0 Å². The van der Waals surface area contributed by atoms with Crippen molar-refractivity contribution in [3.63, 3.8) is 0 Å². The van der Waals surface area contributed by atoms with Gasteiger partial charge in [-0.15, -0.1) is 0 Å². The summed E-state index contributed by atoms with van der Waals surface area (Å²) < 4.78 is 20.5. The number of hydrogen-bond donors (Lipinski definition) is 0. The van der Waals surface area contributed by atoms with Crippen molar-refractivity contribution in [2.24, 2.45) is 0 Å². The van der Waals surface area contributed by atoms with Crippen molar-refractivity contribution in [1.29, 1.82) is 0 Å². The molecule has 2 aliphatic heterocycles. The minimum Gasteiger partial charge on any atom is -0.457 e. The fraction of sp³-hybridized carbons (Fsp3) is 0.0154. The highest BCUT2D eigenvalue weighted by Gasteiger charge is 2.50. The second-order valence-electron chi connectivity index (χ2n) is 17.9. The van der Waals surface area contributed by atoms with E-state index >= 15 is 0 Å². The average molecular weight is 884 g/mol. The van der Waals surface area contributed by atoms with Crippen LogP contribution in [0, 0.1) is 0 Å². The van der Waals surface area contributed by atoms with E-state index in [4.69, 9.17) is 13.9 Å². The van der Waals surface area contributed by atoms with E-state index in [2.05, 4.69) is 241 Å². The van der Waals surface area contributed by atoms with Gasteiger partial charge in [0.25, 0.3) is 0 Å². The molecule has 4 nitrogen and oxygen atoms in total. The quantitative estimate of drug-likeness (QED) is 0.167. The van der Waals surface area contributed by atoms with E-state index in [0.29, 0.717) is 0 Å². The Labute approximate surface area is 399 Å². The van der Waals surface area contributed by atoms with Gasteiger partial charge in [-0.05, 0) is 93.9 Å². The second-order valence-corrected chi connectivity index (χ2v) is 17.9. The molecule has 0 radical (unpaired) electrons. The maximum Gasteiger partial charge on any atom is 0.143 e. The van der Waals surface area contributed by atoms with Crippen LogP contribution in [-0.2, 0) is 5.41 Å². The van der Waals surface area contributed by atoms with Gasteiger partial charge in [0.15, 0.2) is 0 Å². The van der Waals surface area contributed by atoms with Crippen LogP contribution in [0.15, 0.2) is 253 Å². The highest BCUT2D eigenvalue weighted by atomic mass is 16.5. The SMILES string of the molecule is c1ccc(-c2ccc(-c3ccc(N(c4cccc(-c5cccc6c5Oc5ccccc5C65c6ccccc6Oc6ccccc65)c4)c4ccc5c(c4)oc4c6ccccc6ccc54)cc3)cc2)cc1. The molecule has 0 N–H and O–H groups in total. The smallest absolute Gasteiger partial charge is 0.143 e. The van der Waals surface area contributed by atoms with Crippen molar-refractivity contribution in [3.8, 4) is 56.4 Å². The maximum absolute atomic E-state index is 7.12. The van der Waals surface area contributed by atoms with Gasteiger partial charge in [-0.2, -0.15) is 0 Å². The summed E-state index contributed by atoms with van der Waals surface area (Å²) in [5.41, 5.74) is 15.1. The number of nitrogens with zero attached hydrogens (tertiary/aromatic N) is 1. The monoisotopic (exact) mass is 883 g/mol. The third-order valence-corrected chi connectivity index (χ3v) is 14.2. The number of anilines is 3. The van der Waals surface area contributed by atoms with Crippen molar-refractivity contribution < 1.29 is 13.9 Å². The molecule has 0 atom stereocenters. The molecule has 0 saturated carbocycles. The summed E-state index contributed by atoms with van der Waals surface area (Å²) in [5.74, 6) is 3.33. The molecule has 1 spiro atoms. The molecule has 0 bridgehead atoms. The lowest BCUT2D eigenvalue weighted by Gasteiger charge is -2.45. The summed E-state index contributed by atoms with van der Waals surface area (Å²) in [5, 5.41) is 4.45. The molecule has 4 heteroatoms. The number of rotatable bonds is 6. The number of benzene rings is 11. The maximum atomic E-state index is 7.12. The number of fused-ring (bicyclic) bond motifs is 13. The average Bonchev–Trinajstić information content (AvgIpc) is 3.80. The van der Waals surface area contributed by atoms with Gasteiger partial charge >= 0.3 is 0 Å². The Morgan fingerprint density at radius 1 is 0.319 bits per heavy atom. The molecular formula is C65H41NO3. The van der Waals surface area contributed by atoms with Crippen LogP contribution in [0.5, 0.6) is 23.0 Å². The first-order chi connectivity index (χ1) is 34.2. The largest absolute Gasteiger partial charge is 0.457 e. The molecule has 3 heterocycles. The molecule has 0 saturated heterocycles. The summed E-state index contributed by atoms with van der Waals surface area (Å²) >= 11 is 0. The standard InChI is InChI=1S/C65H41NO3/c1-2-14-42(15-3-1)43-28-30-44(31-29-43)45-32-35-48(36-33-45)66(50-37-39-53-54-38-34-46-16-4-5-19-51(46)63(54)69-62(53)41-50)49-18-12-17-47(40-49)52-20-13-24-58-64(52)68-61-27-11-8-23-57(61)65(58)55-21-6-9-25-59(55)67-60-26-10-7-22-56(60)65/h1-41H. The van der Waals surface area contributed by atoms with E-state index in [1.165, 1.54) is 11.1 Å². The molecule has 11 aromatic carbocycles. The van der Waals surface area contributed by atoms with Crippen molar-refractivity contribution in [2.75, 3.05) is 4.90 Å². The number of para-hydroxylation sites is 4. The van der Waals surface area contributed by atoms with Crippen LogP contribution >= 0.6 is 0 Å². The molecule has 0 aliphatic carbocycles. The molecule has 1 aromatic heterocycles. The first kappa shape index (κ1) is 39.1. The van der Waals surface area contributed by atoms with Crippen molar-refractivity contribution >= 4 is 49.8 Å². The first-order valence-corrected chi connectivity index (χ1v) is 23.5. The van der Waals surface area contributed by atoms with Gasteiger partial charge in [0.1, 0.15) is 34.2 Å². The molecule has 0 amide bonds. The normalized spacial score (nSPS) is 13.0. The van der Waals surface area contributed by atoms with Gasteiger partial charge in [-0.3, -0.25) is 0 Å². The predicted molar refractivity (Wildman–Crippen MR) is 281 cm³/mol. The van der Waals surface area contributed by atoms with E-state index in [-0.39, 0.29) is 0 Å². The Morgan fingerprint density at radius 3 is 1.55 bits per heavy atom. The Hall–Kier alpha value is -9.12. The Bertz CT molecular complexity index is 3900. The zero-order valence-electron chi connectivity index (χ0n) is 37.3. The third-order valence-electron chi connectivity index (χ3n) is 14.2. The lowest BCUT2D eigenvalue weighted by Crippen LogP contribution is -2.36. The summed E-state index contributed by atoms with van der Waals surface area (Å²) in [6.45, 7) is 0. The summed E-state index contributed by atoms with van der Waals surface area (Å²) in [6.07, 6.45) is 0. The van der Waals surface area contributed by atoms with E-state index in [1.807, 2.05) is 12.1 Å². The number of ether oxygens (including phenoxy) is 2. The van der Waals surface area contributed by atoms with Crippen LogP contribution < -0.4 is 14.4 Å². The van der Waals surface area contributed by atoms with Gasteiger partial charge in [-0.1, -0.05) is 182 Å². The first-order valence-electron chi connectivity index (χ1n) is 23.5. The van der Waals surface area contributed by atoms with Gasteiger partial charge in [0, 0.05) is 67.1 Å². The van der Waals surface area contributed by atoms with Crippen LogP contribution in [0.1, 0.15) is 22.3 Å². The fourth-order valence-corrected chi connectivity index (χ4v) is 11.0. The molecule has 324 valence electrons. The molecule has 0 unspecified atom stereocenters. The van der Waals surface area contributed by atoms with E-state index in [0.717, 1.165) is 117 Å². The number of hydrogen-bond acceptors (Lipinski definition) is 4. The molecule has 0 fully saturated rings. The van der Waals surface area contributed by atoms with Crippen LogP contribution in [0.2, 0.25) is 0 Å². The molecule has 12 aromatic rings. The summed E-state index contributed by atoms with van der Waals surface area (Å²) in [4.78, 5) is 2.33. The third kappa shape index (κ3) is 6.09. The van der Waals surface area contributed by atoms with E-state index in [1.54, 1.807) is 0 Å². The van der Waals surface area contributed by atoms with Crippen molar-refractivity contribution in [2.45, 2.75) is 5.41 Å². The van der Waals surface area contributed by atoms with Crippen LogP contribution in [-0.4, -0.2) is 0 Å². The van der Waals surface area contributed by atoms with Crippen LogP contribution in [0.25, 0.3) is 66.1 Å². The Morgan fingerprint density at radius 2 is 0.841 bits per heavy atom. The summed E-state index contributed by atoms with van der Waals surface area (Å²) in [7, 11) is 0. The lowest BCUT2D eigenvalue weighted by molar-refractivity contribution is 0.400. The molecule has 69 heavy (non-hydrogen) atoms. The van der Waals surface area contributed by atoms with E-state index < -0.39 is 5.41 Å². The second kappa shape index (κ2) is 15.5. The van der Waals surface area contributed by atoms with Crippen molar-refractivity contribution in [1.82, 2.24) is 0 Å².